The first-order chi connectivity index (χ1) is 2.83. The molecular formula is CH2N2O3. The summed E-state index contributed by atoms with van der Waals surface area (Å²) in [6, 6.07) is 0. The molecule has 0 saturated heterocycles. The largest absolute Gasteiger partial charge is 0.379 e. The molecular weight excluding hydrogens is 88.0 g/mol. The molecule has 0 aromatic rings. The molecule has 0 aromatic heterocycles. The van der Waals surface area contributed by atoms with E-state index in [4.69, 9.17) is 20.3 Å². The van der Waals surface area contributed by atoms with E-state index in [2.05, 4.69) is 0 Å². The average molecular weight is 90.0 g/mol. The van der Waals surface area contributed by atoms with Crippen LogP contribution in [0, 0.1) is 10.3 Å². The summed E-state index contributed by atoms with van der Waals surface area (Å²) in [6.07, 6.45) is 0.750. The molecule has 0 bridgehead atoms. The summed E-state index contributed by atoms with van der Waals surface area (Å²) in [5.74, 6) is 0. The normalized spacial score (nSPS) is 3.33. The van der Waals surface area contributed by atoms with Crippen LogP contribution in [0.25, 0.3) is 0 Å². The molecule has 0 fully saturated rings. The van der Waals surface area contributed by atoms with Gasteiger partial charge >= 0.3 is 0 Å². The van der Waals surface area contributed by atoms with Crippen molar-refractivity contribution in [1.82, 2.24) is 0 Å². The van der Waals surface area contributed by atoms with Gasteiger partial charge in [0.05, 0.1) is 0 Å². The number of rotatable bonds is 0. The van der Waals surface area contributed by atoms with E-state index in [0.717, 1.165) is 6.08 Å². The van der Waals surface area contributed by atoms with Crippen LogP contribution in [-0.4, -0.2) is 11.3 Å². The lowest BCUT2D eigenvalue weighted by atomic mass is 11.7. The Bertz CT molecular complexity index is 53.8. The fourth-order valence-electron chi connectivity index (χ4n) is 0. The molecule has 0 heterocycles. The zero-order chi connectivity index (χ0) is 5.41. The van der Waals surface area contributed by atoms with E-state index in [1.54, 1.807) is 0 Å². The molecule has 0 aliphatic heterocycles. The van der Waals surface area contributed by atoms with Crippen molar-refractivity contribution >= 4 is 6.08 Å². The van der Waals surface area contributed by atoms with Crippen LogP contribution < -0.4 is 0 Å². The van der Waals surface area contributed by atoms with Crippen LogP contribution in [0.4, 0.5) is 0 Å². The van der Waals surface area contributed by atoms with Gasteiger partial charge in [0.1, 0.15) is 0 Å². The van der Waals surface area contributed by atoms with E-state index < -0.39 is 0 Å². The zero-order valence-electron chi connectivity index (χ0n) is 2.71. The van der Waals surface area contributed by atoms with E-state index in [0.29, 0.717) is 0 Å². The zero-order valence-corrected chi connectivity index (χ0v) is 2.71. The van der Waals surface area contributed by atoms with Gasteiger partial charge in [0.2, 0.25) is 6.08 Å². The standard InChI is InChI=1S/CHNO.HNO2/c2*2-1-3/h2H;(H,2,3). The highest BCUT2D eigenvalue weighted by Crippen LogP contribution is 1.25. The number of hydrogen-bond acceptors (Lipinski definition) is 4. The summed E-state index contributed by atoms with van der Waals surface area (Å²) in [4.78, 5) is 16.5. The van der Waals surface area contributed by atoms with Crippen LogP contribution in [0.2, 0.25) is 0 Å². The Morgan fingerprint density at radius 3 is 1.83 bits per heavy atom. The van der Waals surface area contributed by atoms with Crippen molar-refractivity contribution in [2.24, 2.45) is 5.34 Å². The molecule has 0 atom stereocenters. The van der Waals surface area contributed by atoms with Crippen molar-refractivity contribution in [3.63, 3.8) is 0 Å². The SMILES string of the molecule is N=C=O.O=NO. The number of nitrogens with zero attached hydrogens (tertiary/aromatic N) is 1. The van der Waals surface area contributed by atoms with Crippen LogP contribution in [0.3, 0.4) is 0 Å². The van der Waals surface area contributed by atoms with Crippen LogP contribution in [-0.2, 0) is 4.79 Å². The molecule has 0 unspecified atom stereocenters. The van der Waals surface area contributed by atoms with Crippen LogP contribution in [0.15, 0.2) is 5.34 Å². The number of carbonyl (C=O) groups excluding carboxylic acids is 1. The Balaban J connectivity index is 0. The van der Waals surface area contributed by atoms with Crippen molar-refractivity contribution in [3.05, 3.63) is 4.91 Å². The second-order valence-corrected chi connectivity index (χ2v) is 0.184. The summed E-state index contributed by atoms with van der Waals surface area (Å²) < 4.78 is 0. The van der Waals surface area contributed by atoms with Gasteiger partial charge in [-0.25, -0.2) is 10.2 Å². The smallest absolute Gasteiger partial charge is 0.231 e. The minimum atomic E-state index is 0.750. The van der Waals surface area contributed by atoms with Gasteiger partial charge in [-0.1, -0.05) is 0 Å². The van der Waals surface area contributed by atoms with Gasteiger partial charge in [0.15, 0.2) is 5.34 Å². The van der Waals surface area contributed by atoms with E-state index in [9.17, 15) is 0 Å². The quantitative estimate of drug-likeness (QED) is 0.190. The molecule has 0 rings (SSSR count). The van der Waals surface area contributed by atoms with Crippen molar-refractivity contribution in [2.45, 2.75) is 0 Å². The molecule has 0 aliphatic carbocycles. The molecule has 6 heavy (non-hydrogen) atoms. The fourth-order valence-corrected chi connectivity index (χ4v) is 0. The highest BCUT2D eigenvalue weighted by Gasteiger charge is 1.18. The molecule has 0 aliphatic rings. The maximum absolute atomic E-state index is 8.35. The Labute approximate surface area is 33.0 Å². The monoisotopic (exact) mass is 90.0 g/mol. The maximum Gasteiger partial charge on any atom is 0.231 e. The third kappa shape index (κ3) is 5.92. The van der Waals surface area contributed by atoms with E-state index >= 15 is 0 Å². The Hall–Kier alpha value is -1.22. The van der Waals surface area contributed by atoms with Crippen molar-refractivity contribution < 1.29 is 10.0 Å². The van der Waals surface area contributed by atoms with E-state index in [1.807, 2.05) is 0 Å². The molecule has 2 N–H and O–H groups in total. The molecule has 5 heteroatoms. The summed E-state index contributed by atoms with van der Waals surface area (Å²) >= 11 is 0. The summed E-state index contributed by atoms with van der Waals surface area (Å²) in [6.45, 7) is 0. The van der Waals surface area contributed by atoms with E-state index in [1.165, 1.54) is 5.34 Å². The molecule has 34 valence electrons. The minimum absolute atomic E-state index is 0.750. The summed E-state index contributed by atoms with van der Waals surface area (Å²) in [5.41, 5.74) is 0. The molecule has 0 aromatic carbocycles. The van der Waals surface area contributed by atoms with Crippen LogP contribution in [0.1, 0.15) is 0 Å². The molecule has 0 spiro atoms. The third-order valence-electron chi connectivity index (χ3n) is 0. The molecule has 0 saturated carbocycles. The number of isocyanates is 1. The Morgan fingerprint density at radius 2 is 1.83 bits per heavy atom. The van der Waals surface area contributed by atoms with Gasteiger partial charge in [0, 0.05) is 0 Å². The number of hydrogen-bond donors (Lipinski definition) is 2. The van der Waals surface area contributed by atoms with Crippen LogP contribution in [0.5, 0.6) is 0 Å². The maximum atomic E-state index is 8.35. The van der Waals surface area contributed by atoms with E-state index in [-0.39, 0.29) is 0 Å². The van der Waals surface area contributed by atoms with Crippen molar-refractivity contribution in [2.75, 3.05) is 0 Å². The second kappa shape index (κ2) is 48.0. The Kier molecular flexibility index (Phi) is 70.7. The van der Waals surface area contributed by atoms with Crippen molar-refractivity contribution in [1.29, 1.82) is 5.41 Å². The summed E-state index contributed by atoms with van der Waals surface area (Å²) in [7, 11) is 0. The minimum Gasteiger partial charge on any atom is -0.379 e. The summed E-state index contributed by atoms with van der Waals surface area (Å²) in [5, 5.41) is 13.3. The van der Waals surface area contributed by atoms with Gasteiger partial charge in [0.25, 0.3) is 0 Å². The topological polar surface area (TPSA) is 90.6 Å². The first-order valence-electron chi connectivity index (χ1n) is 0.837. The number of nitrogens with one attached hydrogen (secondary N) is 1. The lowest BCUT2D eigenvalue weighted by molar-refractivity contribution is 0.312. The molecule has 5 nitrogen and oxygen atoms in total. The molecule has 0 amide bonds. The van der Waals surface area contributed by atoms with Gasteiger partial charge < -0.3 is 5.21 Å². The van der Waals surface area contributed by atoms with Gasteiger partial charge in [-0.2, -0.15) is 0 Å². The molecule has 0 radical (unpaired) electrons. The first kappa shape index (κ1) is 8.84. The predicted octanol–water partition coefficient (Wildman–Crippen LogP) is 0.0430. The van der Waals surface area contributed by atoms with Gasteiger partial charge in [-0.05, 0) is 0 Å². The van der Waals surface area contributed by atoms with Gasteiger partial charge in [-0.15, -0.1) is 4.91 Å². The average Bonchev–Trinajstić information content (AvgIpc) is 1.39. The predicted molar refractivity (Wildman–Crippen MR) is 16.0 cm³/mol. The third-order valence-corrected chi connectivity index (χ3v) is 0. The van der Waals surface area contributed by atoms with Crippen LogP contribution >= 0.6 is 0 Å². The lowest BCUT2D eigenvalue weighted by Crippen LogP contribution is -1.25. The fraction of sp³-hybridized carbons (Fsp3) is 0. The lowest BCUT2D eigenvalue weighted by Gasteiger charge is -1.32. The van der Waals surface area contributed by atoms with Crippen molar-refractivity contribution in [3.8, 4) is 0 Å². The van der Waals surface area contributed by atoms with Gasteiger partial charge in [-0.3, -0.25) is 0 Å². The Morgan fingerprint density at radius 1 is 1.83 bits per heavy atom. The highest BCUT2D eigenvalue weighted by atomic mass is 16.6. The highest BCUT2D eigenvalue weighted by molar-refractivity contribution is 5.26. The first-order valence-corrected chi connectivity index (χ1v) is 0.837. The second-order valence-electron chi connectivity index (χ2n) is 0.184.